The number of nitrogens with zero attached hydrogens (tertiary/aromatic N) is 4. The molecule has 16 heavy (non-hydrogen) atoms. The third-order valence-electron chi connectivity index (χ3n) is 3.53. The standard InChI is InChI=1S/C12H20N4/c1-11(2)6-5-7-12(3,4)16(11)10-8-13-15-14-9-10/h8-9H,5-7H2,1-4H3. The number of hydrogen-bond donors (Lipinski definition) is 0. The van der Waals surface area contributed by atoms with Gasteiger partial charge in [0.15, 0.2) is 0 Å². The highest BCUT2D eigenvalue weighted by molar-refractivity contribution is 5.48. The van der Waals surface area contributed by atoms with Gasteiger partial charge < -0.3 is 4.90 Å². The first-order chi connectivity index (χ1) is 7.43. The van der Waals surface area contributed by atoms with E-state index in [1.807, 2.05) is 12.4 Å². The first-order valence-corrected chi connectivity index (χ1v) is 5.87. The second kappa shape index (κ2) is 3.68. The molecule has 0 aromatic carbocycles. The van der Waals surface area contributed by atoms with Gasteiger partial charge in [-0.15, -0.1) is 10.2 Å². The fourth-order valence-corrected chi connectivity index (χ4v) is 3.04. The van der Waals surface area contributed by atoms with Crippen LogP contribution < -0.4 is 4.90 Å². The molecule has 1 aliphatic rings. The lowest BCUT2D eigenvalue weighted by Gasteiger charge is -2.54. The third-order valence-corrected chi connectivity index (χ3v) is 3.53. The average molecular weight is 220 g/mol. The van der Waals surface area contributed by atoms with Crippen molar-refractivity contribution in [2.45, 2.75) is 58.0 Å². The molecule has 0 spiro atoms. The van der Waals surface area contributed by atoms with Crippen LogP contribution in [0.5, 0.6) is 0 Å². The molecule has 0 aliphatic carbocycles. The average Bonchev–Trinajstić information content (AvgIpc) is 2.16. The van der Waals surface area contributed by atoms with Crippen molar-refractivity contribution in [1.82, 2.24) is 15.4 Å². The molecule has 2 rings (SSSR count). The van der Waals surface area contributed by atoms with Crippen molar-refractivity contribution in [3.05, 3.63) is 12.4 Å². The molecule has 88 valence electrons. The van der Waals surface area contributed by atoms with Crippen molar-refractivity contribution in [3.8, 4) is 0 Å². The molecular formula is C12H20N4. The quantitative estimate of drug-likeness (QED) is 0.729. The van der Waals surface area contributed by atoms with E-state index in [1.54, 1.807) is 0 Å². The Kier molecular flexibility index (Phi) is 2.60. The van der Waals surface area contributed by atoms with Gasteiger partial charge in [-0.2, -0.15) is 0 Å². The fraction of sp³-hybridized carbons (Fsp3) is 0.750. The molecule has 0 atom stereocenters. The Bertz CT molecular complexity index is 343. The Morgan fingerprint density at radius 1 is 1.00 bits per heavy atom. The van der Waals surface area contributed by atoms with Crippen molar-refractivity contribution < 1.29 is 0 Å². The number of aromatic nitrogens is 3. The van der Waals surface area contributed by atoms with Crippen LogP contribution in [0.25, 0.3) is 0 Å². The van der Waals surface area contributed by atoms with Crippen molar-refractivity contribution in [1.29, 1.82) is 0 Å². The molecule has 0 bridgehead atoms. The number of hydrogen-bond acceptors (Lipinski definition) is 4. The Morgan fingerprint density at radius 3 is 2.00 bits per heavy atom. The molecule has 1 fully saturated rings. The van der Waals surface area contributed by atoms with Gasteiger partial charge in [0.25, 0.3) is 0 Å². The molecule has 4 nitrogen and oxygen atoms in total. The van der Waals surface area contributed by atoms with Gasteiger partial charge in [0, 0.05) is 11.1 Å². The zero-order valence-electron chi connectivity index (χ0n) is 10.6. The third kappa shape index (κ3) is 1.88. The minimum Gasteiger partial charge on any atom is -0.359 e. The lowest BCUT2D eigenvalue weighted by molar-refractivity contribution is 0.243. The highest BCUT2D eigenvalue weighted by Crippen LogP contribution is 2.41. The van der Waals surface area contributed by atoms with Gasteiger partial charge in [-0.25, -0.2) is 0 Å². The van der Waals surface area contributed by atoms with E-state index >= 15 is 0 Å². The molecule has 1 aromatic rings. The number of anilines is 1. The zero-order valence-corrected chi connectivity index (χ0v) is 10.6. The number of piperidine rings is 1. The second-order valence-electron chi connectivity index (χ2n) is 5.82. The van der Waals surface area contributed by atoms with Crippen LogP contribution in [0, 0.1) is 0 Å². The minimum atomic E-state index is 0.159. The Morgan fingerprint density at radius 2 is 1.50 bits per heavy atom. The summed E-state index contributed by atoms with van der Waals surface area (Å²) in [4.78, 5) is 2.44. The molecule has 4 heteroatoms. The smallest absolute Gasteiger partial charge is 0.0786 e. The molecule has 1 aliphatic heterocycles. The van der Waals surface area contributed by atoms with Gasteiger partial charge >= 0.3 is 0 Å². The summed E-state index contributed by atoms with van der Waals surface area (Å²) in [5.41, 5.74) is 1.39. The fourth-order valence-electron chi connectivity index (χ4n) is 3.04. The minimum absolute atomic E-state index is 0.159. The van der Waals surface area contributed by atoms with Gasteiger partial charge in [-0.3, -0.25) is 0 Å². The summed E-state index contributed by atoms with van der Waals surface area (Å²) >= 11 is 0. The second-order valence-corrected chi connectivity index (χ2v) is 5.82. The maximum atomic E-state index is 3.89. The summed E-state index contributed by atoms with van der Waals surface area (Å²) in [5.74, 6) is 0. The maximum absolute atomic E-state index is 3.89. The van der Waals surface area contributed by atoms with Crippen molar-refractivity contribution in [3.63, 3.8) is 0 Å². The van der Waals surface area contributed by atoms with Gasteiger partial charge in [-0.05, 0) is 52.2 Å². The highest BCUT2D eigenvalue weighted by atomic mass is 15.3. The summed E-state index contributed by atoms with van der Waals surface area (Å²) in [6.07, 6.45) is 7.31. The molecule has 0 unspecified atom stereocenters. The van der Waals surface area contributed by atoms with Crippen LogP contribution >= 0.6 is 0 Å². The summed E-state index contributed by atoms with van der Waals surface area (Å²) in [6.45, 7) is 9.14. The van der Waals surface area contributed by atoms with Crippen LogP contribution in [-0.2, 0) is 0 Å². The molecule has 0 saturated carbocycles. The lowest BCUT2D eigenvalue weighted by atomic mass is 9.79. The van der Waals surface area contributed by atoms with Crippen LogP contribution in [-0.4, -0.2) is 26.5 Å². The zero-order chi connectivity index (χ0) is 11.8. The highest BCUT2D eigenvalue weighted by Gasteiger charge is 2.41. The van der Waals surface area contributed by atoms with Crippen LogP contribution in [0.4, 0.5) is 5.69 Å². The normalized spacial score (nSPS) is 23.1. The predicted molar refractivity (Wildman–Crippen MR) is 64.3 cm³/mol. The van der Waals surface area contributed by atoms with Crippen LogP contribution in [0.1, 0.15) is 47.0 Å². The van der Waals surface area contributed by atoms with E-state index in [0.29, 0.717) is 0 Å². The Labute approximate surface area is 97.1 Å². The molecule has 0 amide bonds. The van der Waals surface area contributed by atoms with Crippen molar-refractivity contribution in [2.75, 3.05) is 4.90 Å². The molecule has 0 N–H and O–H groups in total. The summed E-state index contributed by atoms with van der Waals surface area (Å²) in [5, 5.41) is 11.4. The summed E-state index contributed by atoms with van der Waals surface area (Å²) in [7, 11) is 0. The van der Waals surface area contributed by atoms with Gasteiger partial charge in [0.2, 0.25) is 0 Å². The van der Waals surface area contributed by atoms with Crippen molar-refractivity contribution in [2.24, 2.45) is 0 Å². The molecular weight excluding hydrogens is 200 g/mol. The van der Waals surface area contributed by atoms with E-state index in [0.717, 1.165) is 5.69 Å². The molecule has 1 aromatic heterocycles. The molecule has 2 heterocycles. The van der Waals surface area contributed by atoms with E-state index in [1.165, 1.54) is 19.3 Å². The SMILES string of the molecule is CC1(C)CCCC(C)(C)N1c1cnnnc1. The summed E-state index contributed by atoms with van der Waals surface area (Å²) < 4.78 is 0. The molecule has 0 radical (unpaired) electrons. The summed E-state index contributed by atoms with van der Waals surface area (Å²) in [6, 6.07) is 0. The first-order valence-electron chi connectivity index (χ1n) is 5.87. The molecule has 1 saturated heterocycles. The van der Waals surface area contributed by atoms with Crippen LogP contribution in [0.2, 0.25) is 0 Å². The van der Waals surface area contributed by atoms with E-state index in [9.17, 15) is 0 Å². The topological polar surface area (TPSA) is 41.9 Å². The number of rotatable bonds is 1. The van der Waals surface area contributed by atoms with E-state index in [4.69, 9.17) is 0 Å². The van der Waals surface area contributed by atoms with E-state index in [2.05, 4.69) is 48.0 Å². The van der Waals surface area contributed by atoms with Crippen LogP contribution in [0.3, 0.4) is 0 Å². The largest absolute Gasteiger partial charge is 0.359 e. The van der Waals surface area contributed by atoms with Crippen LogP contribution in [0.15, 0.2) is 12.4 Å². The maximum Gasteiger partial charge on any atom is 0.0786 e. The van der Waals surface area contributed by atoms with Gasteiger partial charge in [-0.1, -0.05) is 0 Å². The van der Waals surface area contributed by atoms with Crippen molar-refractivity contribution >= 4 is 5.69 Å². The monoisotopic (exact) mass is 220 g/mol. The van der Waals surface area contributed by atoms with E-state index in [-0.39, 0.29) is 11.1 Å². The lowest BCUT2D eigenvalue weighted by Crippen LogP contribution is -2.59. The van der Waals surface area contributed by atoms with Gasteiger partial charge in [0.1, 0.15) is 0 Å². The first kappa shape index (κ1) is 11.3. The Hall–Kier alpha value is -1.19. The Balaban J connectivity index is 2.41. The predicted octanol–water partition coefficient (Wildman–Crippen LogP) is 2.42. The van der Waals surface area contributed by atoms with E-state index < -0.39 is 0 Å². The van der Waals surface area contributed by atoms with Gasteiger partial charge in [0.05, 0.1) is 18.1 Å².